The molecule has 2 heterocycles. The summed E-state index contributed by atoms with van der Waals surface area (Å²) in [6.07, 6.45) is 5.66. The smallest absolute Gasteiger partial charge is 0.0709 e. The van der Waals surface area contributed by atoms with E-state index in [2.05, 4.69) is 63.6 Å². The SMILES string of the molecule is CCCn1ncc(Br)c1C(NCC)C1(C)CCCS1. The van der Waals surface area contributed by atoms with E-state index in [1.807, 2.05) is 6.20 Å². The lowest BCUT2D eigenvalue weighted by atomic mass is 9.93. The Balaban J connectivity index is 2.35. The summed E-state index contributed by atoms with van der Waals surface area (Å²) in [6, 6.07) is 0.369. The number of hydrogen-bond donors (Lipinski definition) is 1. The maximum atomic E-state index is 4.53. The number of thioether (sulfide) groups is 1. The minimum atomic E-state index is 0.282. The Labute approximate surface area is 129 Å². The second-order valence-corrected chi connectivity index (χ2v) is 7.84. The van der Waals surface area contributed by atoms with Crippen LogP contribution < -0.4 is 5.32 Å². The highest BCUT2D eigenvalue weighted by molar-refractivity contribution is 9.10. The van der Waals surface area contributed by atoms with Gasteiger partial charge in [0.1, 0.15) is 0 Å². The van der Waals surface area contributed by atoms with Crippen molar-refractivity contribution in [2.24, 2.45) is 0 Å². The molecule has 1 aromatic rings. The van der Waals surface area contributed by atoms with Crippen molar-refractivity contribution in [3.8, 4) is 0 Å². The van der Waals surface area contributed by atoms with Crippen LogP contribution in [0.2, 0.25) is 0 Å². The molecular formula is C14H24BrN3S. The number of nitrogens with zero attached hydrogens (tertiary/aromatic N) is 2. The molecular weight excluding hydrogens is 322 g/mol. The van der Waals surface area contributed by atoms with Gasteiger partial charge in [0.15, 0.2) is 0 Å². The molecule has 2 rings (SSSR count). The Hall–Kier alpha value is -0.0000000000000000555. The second kappa shape index (κ2) is 6.64. The van der Waals surface area contributed by atoms with Crippen LogP contribution in [0.25, 0.3) is 0 Å². The Morgan fingerprint density at radius 2 is 2.37 bits per heavy atom. The van der Waals surface area contributed by atoms with Crippen LogP contribution in [-0.4, -0.2) is 26.8 Å². The minimum Gasteiger partial charge on any atom is -0.308 e. The van der Waals surface area contributed by atoms with Crippen LogP contribution in [0.4, 0.5) is 0 Å². The summed E-state index contributed by atoms with van der Waals surface area (Å²) in [7, 11) is 0. The molecule has 3 nitrogen and oxygen atoms in total. The van der Waals surface area contributed by atoms with Gasteiger partial charge in [-0.15, -0.1) is 0 Å². The van der Waals surface area contributed by atoms with Gasteiger partial charge in [-0.1, -0.05) is 13.8 Å². The zero-order chi connectivity index (χ0) is 13.9. The molecule has 0 aliphatic carbocycles. The summed E-state index contributed by atoms with van der Waals surface area (Å²) >= 11 is 5.80. The third-order valence-electron chi connectivity index (χ3n) is 3.81. The van der Waals surface area contributed by atoms with Gasteiger partial charge in [-0.05, 0) is 54.4 Å². The zero-order valence-electron chi connectivity index (χ0n) is 12.1. The Bertz CT molecular complexity index is 413. The number of rotatable bonds is 6. The van der Waals surface area contributed by atoms with E-state index in [4.69, 9.17) is 0 Å². The van der Waals surface area contributed by atoms with Crippen molar-refractivity contribution in [3.05, 3.63) is 16.4 Å². The number of hydrogen-bond acceptors (Lipinski definition) is 3. The van der Waals surface area contributed by atoms with Crippen molar-refractivity contribution >= 4 is 27.7 Å². The molecule has 2 atom stereocenters. The average Bonchev–Trinajstić information content (AvgIpc) is 2.96. The Morgan fingerprint density at radius 3 is 2.95 bits per heavy atom. The molecule has 1 aliphatic rings. The maximum Gasteiger partial charge on any atom is 0.0709 e. The van der Waals surface area contributed by atoms with E-state index >= 15 is 0 Å². The molecule has 5 heteroatoms. The largest absolute Gasteiger partial charge is 0.308 e. The number of aromatic nitrogens is 2. The Kier molecular flexibility index (Phi) is 5.37. The average molecular weight is 346 g/mol. The first kappa shape index (κ1) is 15.4. The van der Waals surface area contributed by atoms with E-state index in [1.165, 1.54) is 24.3 Å². The quantitative estimate of drug-likeness (QED) is 0.845. The van der Waals surface area contributed by atoms with Crippen LogP contribution in [0.15, 0.2) is 10.7 Å². The van der Waals surface area contributed by atoms with Gasteiger partial charge in [-0.3, -0.25) is 4.68 Å². The van der Waals surface area contributed by atoms with Crippen LogP contribution in [0.5, 0.6) is 0 Å². The standard InChI is InChI=1S/C14H24BrN3S/c1-4-8-18-12(11(15)10-17-18)13(16-5-2)14(3)7-6-9-19-14/h10,13,16H,4-9H2,1-3H3. The predicted octanol–water partition coefficient (Wildman–Crippen LogP) is 3.99. The molecule has 19 heavy (non-hydrogen) atoms. The number of nitrogens with one attached hydrogen (secondary N) is 1. The topological polar surface area (TPSA) is 29.9 Å². The first-order chi connectivity index (χ1) is 9.12. The summed E-state index contributed by atoms with van der Waals surface area (Å²) in [5, 5.41) is 8.23. The fourth-order valence-corrected chi connectivity index (χ4v) is 4.81. The van der Waals surface area contributed by atoms with Crippen molar-refractivity contribution in [2.45, 2.75) is 57.4 Å². The van der Waals surface area contributed by atoms with E-state index in [0.29, 0.717) is 6.04 Å². The van der Waals surface area contributed by atoms with E-state index in [1.54, 1.807) is 0 Å². The summed E-state index contributed by atoms with van der Waals surface area (Å²) in [5.41, 5.74) is 1.32. The molecule has 1 aromatic heterocycles. The molecule has 0 radical (unpaired) electrons. The van der Waals surface area contributed by atoms with Crippen LogP contribution in [0.1, 0.15) is 51.8 Å². The highest BCUT2D eigenvalue weighted by atomic mass is 79.9. The molecule has 0 aromatic carbocycles. The fourth-order valence-electron chi connectivity index (χ4n) is 2.88. The third-order valence-corrected chi connectivity index (χ3v) is 6.01. The molecule has 0 bridgehead atoms. The van der Waals surface area contributed by atoms with Gasteiger partial charge in [-0.2, -0.15) is 16.9 Å². The van der Waals surface area contributed by atoms with E-state index in [-0.39, 0.29) is 4.75 Å². The van der Waals surface area contributed by atoms with Gasteiger partial charge < -0.3 is 5.32 Å². The van der Waals surface area contributed by atoms with Crippen molar-refractivity contribution < 1.29 is 0 Å². The fraction of sp³-hybridized carbons (Fsp3) is 0.786. The third kappa shape index (κ3) is 3.19. The maximum absolute atomic E-state index is 4.53. The van der Waals surface area contributed by atoms with Gasteiger partial charge in [0.05, 0.1) is 22.4 Å². The van der Waals surface area contributed by atoms with Crippen molar-refractivity contribution in [2.75, 3.05) is 12.3 Å². The van der Waals surface area contributed by atoms with Crippen LogP contribution >= 0.6 is 27.7 Å². The van der Waals surface area contributed by atoms with Crippen molar-refractivity contribution in [1.82, 2.24) is 15.1 Å². The van der Waals surface area contributed by atoms with Crippen LogP contribution in [0, 0.1) is 0 Å². The lowest BCUT2D eigenvalue weighted by Crippen LogP contribution is -2.39. The molecule has 0 spiro atoms. The predicted molar refractivity (Wildman–Crippen MR) is 86.7 cm³/mol. The molecule has 1 saturated heterocycles. The normalized spacial score (nSPS) is 24.8. The van der Waals surface area contributed by atoms with Crippen molar-refractivity contribution in [1.29, 1.82) is 0 Å². The molecule has 0 saturated carbocycles. The van der Waals surface area contributed by atoms with Gasteiger partial charge >= 0.3 is 0 Å². The van der Waals surface area contributed by atoms with Crippen LogP contribution in [-0.2, 0) is 6.54 Å². The van der Waals surface area contributed by atoms with Gasteiger partial charge in [0.25, 0.3) is 0 Å². The molecule has 0 amide bonds. The number of halogens is 1. The Morgan fingerprint density at radius 1 is 1.58 bits per heavy atom. The summed E-state index contributed by atoms with van der Waals surface area (Å²) in [4.78, 5) is 0. The summed E-state index contributed by atoms with van der Waals surface area (Å²) in [6.45, 7) is 8.76. The van der Waals surface area contributed by atoms with Crippen molar-refractivity contribution in [3.63, 3.8) is 0 Å². The molecule has 2 unspecified atom stereocenters. The molecule has 1 fully saturated rings. The van der Waals surface area contributed by atoms with E-state index in [9.17, 15) is 0 Å². The van der Waals surface area contributed by atoms with Gasteiger partial charge in [-0.25, -0.2) is 0 Å². The lowest BCUT2D eigenvalue weighted by molar-refractivity contribution is 0.389. The highest BCUT2D eigenvalue weighted by Crippen LogP contribution is 2.47. The highest BCUT2D eigenvalue weighted by Gasteiger charge is 2.40. The first-order valence-corrected chi connectivity index (χ1v) is 8.98. The van der Waals surface area contributed by atoms with Gasteiger partial charge in [0.2, 0.25) is 0 Å². The van der Waals surface area contributed by atoms with Crippen LogP contribution in [0.3, 0.4) is 0 Å². The first-order valence-electron chi connectivity index (χ1n) is 7.21. The minimum absolute atomic E-state index is 0.282. The summed E-state index contributed by atoms with van der Waals surface area (Å²) in [5.74, 6) is 1.28. The number of aryl methyl sites for hydroxylation is 1. The molecule has 108 valence electrons. The van der Waals surface area contributed by atoms with Gasteiger partial charge in [0, 0.05) is 11.3 Å². The van der Waals surface area contributed by atoms with E-state index < -0.39 is 0 Å². The summed E-state index contributed by atoms with van der Waals surface area (Å²) < 4.78 is 3.59. The lowest BCUT2D eigenvalue weighted by Gasteiger charge is -2.34. The second-order valence-electron chi connectivity index (χ2n) is 5.36. The zero-order valence-corrected chi connectivity index (χ0v) is 14.5. The molecule has 1 aliphatic heterocycles. The van der Waals surface area contributed by atoms with E-state index in [0.717, 1.165) is 24.0 Å². The monoisotopic (exact) mass is 345 g/mol. The molecule has 1 N–H and O–H groups in total.